The van der Waals surface area contributed by atoms with E-state index in [1.54, 1.807) is 0 Å². The lowest BCUT2D eigenvalue weighted by molar-refractivity contribution is -0.142. The highest BCUT2D eigenvalue weighted by Gasteiger charge is 2.30. The lowest BCUT2D eigenvalue weighted by atomic mass is 9.98. The molecule has 0 unspecified atom stereocenters. The molecular formula is C27H36N8O5. The Hall–Kier alpha value is -4.81. The molecule has 0 fully saturated rings. The molecule has 0 saturated carbocycles. The van der Waals surface area contributed by atoms with Crippen molar-refractivity contribution in [1.29, 1.82) is 0 Å². The monoisotopic (exact) mass is 552 g/mol. The number of nitrogens with two attached hydrogens (primary N) is 4. The van der Waals surface area contributed by atoms with E-state index in [2.05, 4.69) is 20.6 Å². The van der Waals surface area contributed by atoms with Crippen LogP contribution < -0.4 is 33.6 Å². The van der Waals surface area contributed by atoms with Gasteiger partial charge in [0.15, 0.2) is 11.9 Å². The second-order valence-electron chi connectivity index (χ2n) is 9.32. The first-order chi connectivity index (χ1) is 19.2. The number of benzene rings is 2. The summed E-state index contributed by atoms with van der Waals surface area (Å²) in [6, 6.07) is 13.6. The number of carboxylic acids is 1. The number of fused-ring (bicyclic) bond motifs is 3. The van der Waals surface area contributed by atoms with Gasteiger partial charge in [0.1, 0.15) is 18.7 Å². The SMILES string of the molecule is NC(N)=NCCC[C@@H](NC(=O)[C@@H](CCCN=C(N)N)NC(=O)OCC1c2ccccc2-c2ccccc21)C(=O)O. The van der Waals surface area contributed by atoms with Gasteiger partial charge in [-0.1, -0.05) is 48.5 Å². The minimum Gasteiger partial charge on any atom is -0.480 e. The minimum atomic E-state index is -1.22. The predicted molar refractivity (Wildman–Crippen MR) is 151 cm³/mol. The van der Waals surface area contributed by atoms with Gasteiger partial charge in [-0.25, -0.2) is 9.59 Å². The van der Waals surface area contributed by atoms with E-state index in [0.717, 1.165) is 22.3 Å². The van der Waals surface area contributed by atoms with Crippen LogP contribution in [0.15, 0.2) is 58.5 Å². The summed E-state index contributed by atoms with van der Waals surface area (Å²) >= 11 is 0. The van der Waals surface area contributed by atoms with E-state index in [1.807, 2.05) is 48.5 Å². The van der Waals surface area contributed by atoms with E-state index < -0.39 is 30.1 Å². The number of carbonyl (C=O) groups excluding carboxylic acids is 2. The third-order valence-electron chi connectivity index (χ3n) is 6.46. The number of ether oxygens (including phenoxy) is 1. The number of amides is 2. The Morgan fingerprint density at radius 2 is 1.30 bits per heavy atom. The Bertz CT molecular complexity index is 1210. The largest absolute Gasteiger partial charge is 0.480 e. The molecule has 13 heteroatoms. The smallest absolute Gasteiger partial charge is 0.407 e. The van der Waals surface area contributed by atoms with E-state index in [1.165, 1.54) is 0 Å². The zero-order chi connectivity index (χ0) is 29.1. The second-order valence-corrected chi connectivity index (χ2v) is 9.32. The number of aliphatic imine (C=N–C) groups is 2. The highest BCUT2D eigenvalue weighted by Crippen LogP contribution is 2.44. The number of hydrogen-bond donors (Lipinski definition) is 7. The fourth-order valence-electron chi connectivity index (χ4n) is 4.59. The van der Waals surface area contributed by atoms with Crippen LogP contribution in [0.4, 0.5) is 4.79 Å². The van der Waals surface area contributed by atoms with Gasteiger partial charge in [0.05, 0.1) is 0 Å². The Balaban J connectivity index is 1.65. The van der Waals surface area contributed by atoms with E-state index in [9.17, 15) is 19.5 Å². The summed E-state index contributed by atoms with van der Waals surface area (Å²) in [5, 5.41) is 14.6. The third kappa shape index (κ3) is 8.35. The fraction of sp³-hybridized carbons (Fsp3) is 0.370. The number of nitrogens with zero attached hydrogens (tertiary/aromatic N) is 2. The first-order valence-corrected chi connectivity index (χ1v) is 12.9. The Labute approximate surface area is 232 Å². The summed E-state index contributed by atoms with van der Waals surface area (Å²) < 4.78 is 5.57. The zero-order valence-corrected chi connectivity index (χ0v) is 22.1. The molecule has 1 aliphatic rings. The molecule has 1 aliphatic carbocycles. The first-order valence-electron chi connectivity index (χ1n) is 12.9. The molecule has 0 heterocycles. The summed E-state index contributed by atoms with van der Waals surface area (Å²) in [4.78, 5) is 45.3. The molecule has 0 aliphatic heterocycles. The minimum absolute atomic E-state index is 0.0603. The molecular weight excluding hydrogens is 516 g/mol. The van der Waals surface area contributed by atoms with Crippen LogP contribution in [0.1, 0.15) is 42.7 Å². The highest BCUT2D eigenvalue weighted by molar-refractivity contribution is 5.89. The second kappa shape index (κ2) is 14.4. The molecule has 0 spiro atoms. The summed E-state index contributed by atoms with van der Waals surface area (Å²) in [5.41, 5.74) is 25.6. The fourth-order valence-corrected chi connectivity index (χ4v) is 4.59. The van der Waals surface area contributed by atoms with E-state index in [4.69, 9.17) is 27.7 Å². The molecule has 0 saturated heterocycles. The summed E-state index contributed by atoms with van der Waals surface area (Å²) in [6.07, 6.45) is 0.103. The van der Waals surface area contributed by atoms with Crippen LogP contribution in [-0.2, 0) is 14.3 Å². The molecule has 2 aromatic carbocycles. The molecule has 0 aromatic heterocycles. The lowest BCUT2D eigenvalue weighted by Gasteiger charge is -2.22. The van der Waals surface area contributed by atoms with Crippen LogP contribution in [0.5, 0.6) is 0 Å². The number of rotatable bonds is 14. The average molecular weight is 553 g/mol. The van der Waals surface area contributed by atoms with E-state index in [0.29, 0.717) is 12.8 Å². The van der Waals surface area contributed by atoms with Gasteiger partial charge in [0.25, 0.3) is 0 Å². The lowest BCUT2D eigenvalue weighted by Crippen LogP contribution is -2.51. The van der Waals surface area contributed by atoms with Gasteiger partial charge in [-0.2, -0.15) is 0 Å². The molecule has 0 bridgehead atoms. The molecule has 2 amide bonds. The number of guanidine groups is 2. The van der Waals surface area contributed by atoms with Crippen molar-refractivity contribution in [3.05, 3.63) is 59.7 Å². The average Bonchev–Trinajstić information content (AvgIpc) is 3.24. The molecule has 0 radical (unpaired) electrons. The maximum atomic E-state index is 13.1. The van der Waals surface area contributed by atoms with Gasteiger partial charge >= 0.3 is 12.1 Å². The predicted octanol–water partition coefficient (Wildman–Crippen LogP) is 0.570. The van der Waals surface area contributed by atoms with E-state index >= 15 is 0 Å². The van der Waals surface area contributed by atoms with Crippen LogP contribution in [0, 0.1) is 0 Å². The van der Waals surface area contributed by atoms with Gasteiger partial charge in [-0.05, 0) is 47.9 Å². The van der Waals surface area contributed by atoms with Crippen LogP contribution in [-0.4, -0.2) is 66.8 Å². The van der Waals surface area contributed by atoms with Gasteiger partial charge in [-0.3, -0.25) is 14.8 Å². The van der Waals surface area contributed by atoms with Crippen molar-refractivity contribution >= 4 is 29.9 Å². The summed E-state index contributed by atoms with van der Waals surface area (Å²) in [6.45, 7) is 0.492. The topological polar surface area (TPSA) is 234 Å². The van der Waals surface area contributed by atoms with Crippen molar-refractivity contribution < 1.29 is 24.2 Å². The standard InChI is InChI=1S/C27H36N8O5/c28-25(29)32-13-5-11-21(23(36)34-22(24(37)38)12-6-14-33-26(30)31)35-27(39)40-15-20-18-9-3-1-7-16(18)17-8-2-4-10-19(17)20/h1-4,7-10,20-22H,5-6,11-15H2,(H,34,36)(H,35,39)(H,37,38)(H4,28,29,32)(H4,30,31,33)/t21-,22-/m1/s1. The van der Waals surface area contributed by atoms with Crippen molar-refractivity contribution in [2.75, 3.05) is 19.7 Å². The Morgan fingerprint density at radius 3 is 1.80 bits per heavy atom. The van der Waals surface area contributed by atoms with Crippen molar-refractivity contribution in [1.82, 2.24) is 10.6 Å². The summed E-state index contributed by atoms with van der Waals surface area (Å²) in [7, 11) is 0. The molecule has 2 atom stereocenters. The first kappa shape index (κ1) is 29.7. The van der Waals surface area contributed by atoms with Crippen LogP contribution in [0.25, 0.3) is 11.1 Å². The van der Waals surface area contributed by atoms with Gasteiger partial charge in [-0.15, -0.1) is 0 Å². The van der Waals surface area contributed by atoms with Crippen molar-refractivity contribution in [3.8, 4) is 11.1 Å². The maximum absolute atomic E-state index is 13.1. The third-order valence-corrected chi connectivity index (χ3v) is 6.46. The molecule has 11 N–H and O–H groups in total. The normalized spacial score (nSPS) is 13.2. The van der Waals surface area contributed by atoms with Crippen LogP contribution in [0.3, 0.4) is 0 Å². The van der Waals surface area contributed by atoms with Crippen LogP contribution in [0.2, 0.25) is 0 Å². The van der Waals surface area contributed by atoms with E-state index in [-0.39, 0.29) is 50.4 Å². The molecule has 2 aromatic rings. The quantitative estimate of drug-likeness (QED) is 0.0984. The van der Waals surface area contributed by atoms with Crippen molar-refractivity contribution in [2.45, 2.75) is 43.7 Å². The maximum Gasteiger partial charge on any atom is 0.407 e. The van der Waals surface area contributed by atoms with Crippen molar-refractivity contribution in [3.63, 3.8) is 0 Å². The number of aliphatic carboxylic acids is 1. The highest BCUT2D eigenvalue weighted by atomic mass is 16.5. The Morgan fingerprint density at radius 1 is 0.800 bits per heavy atom. The number of nitrogens with one attached hydrogen (secondary N) is 2. The summed E-state index contributed by atoms with van der Waals surface area (Å²) in [5.74, 6) is -2.26. The zero-order valence-electron chi connectivity index (χ0n) is 22.1. The molecule has 214 valence electrons. The Kier molecular flexibility index (Phi) is 10.7. The van der Waals surface area contributed by atoms with Crippen molar-refractivity contribution in [2.24, 2.45) is 32.9 Å². The molecule has 3 rings (SSSR count). The number of hydrogen-bond acceptors (Lipinski definition) is 6. The van der Waals surface area contributed by atoms with Crippen LogP contribution >= 0.6 is 0 Å². The number of alkyl carbamates (subject to hydrolysis) is 1. The van der Waals surface area contributed by atoms with Gasteiger partial charge in [0.2, 0.25) is 5.91 Å². The van der Waals surface area contributed by atoms with Gasteiger partial charge in [0, 0.05) is 19.0 Å². The molecule has 13 nitrogen and oxygen atoms in total. The molecule has 40 heavy (non-hydrogen) atoms. The number of carbonyl (C=O) groups is 3. The number of carboxylic acid groups (broad SMARTS) is 1. The van der Waals surface area contributed by atoms with Gasteiger partial charge < -0.3 is 43.4 Å².